The number of rotatable bonds is 7. The molecule has 2 aromatic carbocycles. The summed E-state index contributed by atoms with van der Waals surface area (Å²) in [7, 11) is 0. The predicted molar refractivity (Wildman–Crippen MR) is 126 cm³/mol. The Bertz CT molecular complexity index is 1180. The van der Waals surface area contributed by atoms with E-state index in [4.69, 9.17) is 37.1 Å². The molecule has 3 aromatic rings. The number of aliphatic imine (C=N–C) groups is 1. The number of aryl methyl sites for hydroxylation is 1. The topological polar surface area (TPSA) is 67.8 Å². The fourth-order valence-electron chi connectivity index (χ4n) is 2.82. The van der Waals surface area contributed by atoms with Gasteiger partial charge in [0.2, 0.25) is 5.88 Å². The SMILES string of the molecule is CCOc1cc(C=Nc2oc(C)c(C)c2C#N)cc(Br)c1OCc1ccc(Cl)cc1Cl. The second kappa shape index (κ2) is 10.2. The van der Waals surface area contributed by atoms with Crippen molar-refractivity contribution in [1.29, 1.82) is 5.26 Å². The van der Waals surface area contributed by atoms with Gasteiger partial charge in [-0.1, -0.05) is 29.3 Å². The van der Waals surface area contributed by atoms with Crippen LogP contribution in [-0.4, -0.2) is 12.8 Å². The lowest BCUT2D eigenvalue weighted by molar-refractivity contribution is 0.267. The third-order valence-corrected chi connectivity index (χ3v) is 5.70. The maximum atomic E-state index is 9.35. The lowest BCUT2D eigenvalue weighted by atomic mass is 10.2. The number of halogens is 3. The summed E-state index contributed by atoms with van der Waals surface area (Å²) in [5.74, 6) is 2.05. The first-order valence-corrected chi connectivity index (χ1v) is 11.0. The van der Waals surface area contributed by atoms with Crippen molar-refractivity contribution in [2.24, 2.45) is 4.99 Å². The van der Waals surface area contributed by atoms with Crippen molar-refractivity contribution < 1.29 is 13.9 Å². The highest BCUT2D eigenvalue weighted by molar-refractivity contribution is 9.10. The van der Waals surface area contributed by atoms with Crippen LogP contribution in [0.3, 0.4) is 0 Å². The van der Waals surface area contributed by atoms with Gasteiger partial charge in [-0.3, -0.25) is 0 Å². The summed E-state index contributed by atoms with van der Waals surface area (Å²) < 4.78 is 18.0. The second-order valence-corrected chi connectivity index (χ2v) is 8.32. The molecule has 0 amide bonds. The first-order chi connectivity index (χ1) is 14.8. The van der Waals surface area contributed by atoms with Crippen LogP contribution < -0.4 is 9.47 Å². The molecule has 0 saturated carbocycles. The third-order valence-electron chi connectivity index (χ3n) is 4.53. The van der Waals surface area contributed by atoms with E-state index < -0.39 is 0 Å². The first-order valence-electron chi connectivity index (χ1n) is 9.41. The van der Waals surface area contributed by atoms with Crippen molar-refractivity contribution in [3.63, 3.8) is 0 Å². The molecule has 31 heavy (non-hydrogen) atoms. The minimum Gasteiger partial charge on any atom is -0.490 e. The number of ether oxygens (including phenoxy) is 2. The van der Waals surface area contributed by atoms with E-state index in [1.165, 1.54) is 0 Å². The average molecular weight is 522 g/mol. The zero-order chi connectivity index (χ0) is 22.5. The minimum absolute atomic E-state index is 0.249. The minimum atomic E-state index is 0.249. The number of nitriles is 1. The fraction of sp³-hybridized carbons (Fsp3) is 0.217. The zero-order valence-corrected chi connectivity index (χ0v) is 20.2. The summed E-state index contributed by atoms with van der Waals surface area (Å²) in [5, 5.41) is 10.4. The highest BCUT2D eigenvalue weighted by Crippen LogP contribution is 2.38. The van der Waals surface area contributed by atoms with Gasteiger partial charge in [0, 0.05) is 27.4 Å². The van der Waals surface area contributed by atoms with E-state index in [-0.39, 0.29) is 12.5 Å². The summed E-state index contributed by atoms with van der Waals surface area (Å²) in [5.41, 5.74) is 2.77. The Kier molecular flexibility index (Phi) is 7.66. The van der Waals surface area contributed by atoms with Gasteiger partial charge in [0.1, 0.15) is 24.0 Å². The molecule has 5 nitrogen and oxygen atoms in total. The van der Waals surface area contributed by atoms with Crippen molar-refractivity contribution in [1.82, 2.24) is 0 Å². The van der Waals surface area contributed by atoms with E-state index in [9.17, 15) is 5.26 Å². The Labute approximate surface area is 199 Å². The van der Waals surface area contributed by atoms with Gasteiger partial charge in [-0.2, -0.15) is 5.26 Å². The van der Waals surface area contributed by atoms with Crippen LogP contribution in [0, 0.1) is 25.2 Å². The van der Waals surface area contributed by atoms with Gasteiger partial charge in [0.05, 0.1) is 11.1 Å². The molecule has 0 unspecified atom stereocenters. The Morgan fingerprint density at radius 3 is 2.65 bits per heavy atom. The molecular formula is C23H19BrCl2N2O3. The zero-order valence-electron chi connectivity index (χ0n) is 17.1. The predicted octanol–water partition coefficient (Wildman–Crippen LogP) is 7.57. The molecule has 0 aliphatic heterocycles. The molecule has 0 radical (unpaired) electrons. The van der Waals surface area contributed by atoms with Gasteiger partial charge in [-0.15, -0.1) is 0 Å². The normalized spacial score (nSPS) is 11.0. The van der Waals surface area contributed by atoms with Crippen molar-refractivity contribution >= 4 is 51.2 Å². The Morgan fingerprint density at radius 1 is 1.19 bits per heavy atom. The fourth-order valence-corrected chi connectivity index (χ4v) is 3.86. The molecule has 0 aliphatic rings. The van der Waals surface area contributed by atoms with Crippen LogP contribution in [0.5, 0.6) is 11.5 Å². The molecule has 1 heterocycles. The molecule has 0 fully saturated rings. The van der Waals surface area contributed by atoms with Crippen LogP contribution >= 0.6 is 39.1 Å². The molecule has 1 aromatic heterocycles. The quantitative estimate of drug-likeness (QED) is 0.301. The Hall–Kier alpha value is -2.46. The summed E-state index contributed by atoms with van der Waals surface area (Å²) in [4.78, 5) is 4.35. The molecule has 0 aliphatic carbocycles. The lowest BCUT2D eigenvalue weighted by Crippen LogP contribution is -2.02. The third kappa shape index (κ3) is 5.43. The number of furan rings is 1. The number of benzene rings is 2. The van der Waals surface area contributed by atoms with Gasteiger partial charge in [-0.25, -0.2) is 4.99 Å². The molecule has 8 heteroatoms. The molecule has 0 N–H and O–H groups in total. The molecule has 3 rings (SSSR count). The monoisotopic (exact) mass is 520 g/mol. The van der Waals surface area contributed by atoms with E-state index in [1.54, 1.807) is 25.3 Å². The Balaban J connectivity index is 1.88. The summed E-state index contributed by atoms with van der Waals surface area (Å²) in [6, 6.07) is 11.0. The van der Waals surface area contributed by atoms with Gasteiger partial charge in [-0.05, 0) is 66.5 Å². The smallest absolute Gasteiger partial charge is 0.237 e. The van der Waals surface area contributed by atoms with Crippen LogP contribution in [0.15, 0.2) is 44.2 Å². The molecule has 0 bridgehead atoms. The van der Waals surface area contributed by atoms with Crippen molar-refractivity contribution in [2.75, 3.05) is 6.61 Å². The molecular weight excluding hydrogens is 503 g/mol. The van der Waals surface area contributed by atoms with Crippen molar-refractivity contribution in [3.8, 4) is 17.6 Å². The highest BCUT2D eigenvalue weighted by Gasteiger charge is 2.15. The maximum Gasteiger partial charge on any atom is 0.237 e. The van der Waals surface area contributed by atoms with Crippen molar-refractivity contribution in [3.05, 3.63) is 72.9 Å². The van der Waals surface area contributed by atoms with Crippen LogP contribution in [-0.2, 0) is 6.61 Å². The van der Waals surface area contributed by atoms with E-state index in [0.717, 1.165) is 16.7 Å². The standard InChI is InChI=1S/C23H19BrCl2N2O3/c1-4-29-21-8-15(11-28-23-18(10-27)13(2)14(3)31-23)7-19(24)22(21)30-12-16-5-6-17(25)9-20(16)26/h5-9,11H,4,12H2,1-3H3. The van der Waals surface area contributed by atoms with Crippen LogP contribution in [0.25, 0.3) is 0 Å². The van der Waals surface area contributed by atoms with Gasteiger partial charge in [0.15, 0.2) is 11.5 Å². The van der Waals surface area contributed by atoms with Gasteiger partial charge < -0.3 is 13.9 Å². The molecule has 0 atom stereocenters. The van der Waals surface area contributed by atoms with Crippen LogP contribution in [0.4, 0.5) is 5.88 Å². The molecule has 0 saturated heterocycles. The summed E-state index contributed by atoms with van der Waals surface area (Å²) >= 11 is 15.7. The van der Waals surface area contributed by atoms with E-state index >= 15 is 0 Å². The van der Waals surface area contributed by atoms with E-state index in [2.05, 4.69) is 27.0 Å². The van der Waals surface area contributed by atoms with Gasteiger partial charge >= 0.3 is 0 Å². The first kappa shape index (κ1) is 23.2. The molecule has 160 valence electrons. The Morgan fingerprint density at radius 2 is 1.97 bits per heavy atom. The summed E-state index contributed by atoms with van der Waals surface area (Å²) in [6.07, 6.45) is 1.62. The van der Waals surface area contributed by atoms with Crippen LogP contribution in [0.2, 0.25) is 10.0 Å². The van der Waals surface area contributed by atoms with Crippen molar-refractivity contribution in [2.45, 2.75) is 27.4 Å². The average Bonchev–Trinajstić information content (AvgIpc) is 3.00. The maximum absolute atomic E-state index is 9.35. The summed E-state index contributed by atoms with van der Waals surface area (Å²) in [6.45, 7) is 6.23. The second-order valence-electron chi connectivity index (χ2n) is 6.62. The van der Waals surface area contributed by atoms with Gasteiger partial charge in [0.25, 0.3) is 0 Å². The lowest BCUT2D eigenvalue weighted by Gasteiger charge is -2.15. The van der Waals surface area contributed by atoms with E-state index in [0.29, 0.717) is 43.9 Å². The number of nitrogens with zero attached hydrogens (tertiary/aromatic N) is 2. The highest BCUT2D eigenvalue weighted by atomic mass is 79.9. The largest absolute Gasteiger partial charge is 0.490 e. The molecule has 0 spiro atoms. The number of hydrogen-bond acceptors (Lipinski definition) is 5. The van der Waals surface area contributed by atoms with E-state index in [1.807, 2.05) is 32.0 Å². The van der Waals surface area contributed by atoms with Crippen LogP contribution in [0.1, 0.15) is 34.9 Å². The number of hydrogen-bond donors (Lipinski definition) is 0.